The first-order valence-electron chi connectivity index (χ1n) is 7.47. The van der Waals surface area contributed by atoms with Crippen molar-refractivity contribution >= 4 is 23.7 Å². The number of pyridine rings is 1. The van der Waals surface area contributed by atoms with Crippen LogP contribution in [-0.4, -0.2) is 42.7 Å². The topological polar surface area (TPSA) is 104 Å². The van der Waals surface area contributed by atoms with Gasteiger partial charge in [0, 0.05) is 12.4 Å². The Morgan fingerprint density at radius 1 is 1.04 bits per heavy atom. The highest BCUT2D eigenvalue weighted by Gasteiger charge is 2.21. The first kappa shape index (κ1) is 19.1. The molecule has 1 aromatic rings. The molecule has 0 radical (unpaired) electrons. The fourth-order valence-electron chi connectivity index (χ4n) is 1.62. The number of carbonyl (C=O) groups is 3. The van der Waals surface area contributed by atoms with Crippen molar-refractivity contribution in [2.45, 2.75) is 20.8 Å². The van der Waals surface area contributed by atoms with Gasteiger partial charge >= 0.3 is 17.9 Å². The summed E-state index contributed by atoms with van der Waals surface area (Å²) >= 11 is 0. The fraction of sp³-hybridized carbons (Fsp3) is 0.375. The lowest BCUT2D eigenvalue weighted by Crippen LogP contribution is -2.19. The van der Waals surface area contributed by atoms with Crippen molar-refractivity contribution in [1.29, 1.82) is 0 Å². The zero-order chi connectivity index (χ0) is 17.9. The monoisotopic (exact) mass is 336 g/mol. The van der Waals surface area contributed by atoms with Crippen LogP contribution in [0.5, 0.6) is 0 Å². The summed E-state index contributed by atoms with van der Waals surface area (Å²) in [5.74, 6) is -1.87. The van der Waals surface area contributed by atoms with Crippen LogP contribution in [0.25, 0.3) is 0 Å². The summed E-state index contributed by atoms with van der Waals surface area (Å²) in [5, 5.41) is 2.68. The lowest BCUT2D eigenvalue weighted by molar-refractivity contribution is -0.146. The van der Waals surface area contributed by atoms with E-state index in [9.17, 15) is 14.4 Å². The summed E-state index contributed by atoms with van der Waals surface area (Å²) in [6, 6.07) is 2.92. The minimum absolute atomic E-state index is 0.117. The highest BCUT2D eigenvalue weighted by molar-refractivity contribution is 6.14. The highest BCUT2D eigenvalue weighted by Crippen LogP contribution is 2.10. The van der Waals surface area contributed by atoms with Gasteiger partial charge in [-0.15, -0.1) is 0 Å². The lowest BCUT2D eigenvalue weighted by Gasteiger charge is -2.08. The van der Waals surface area contributed by atoms with Gasteiger partial charge in [0.25, 0.3) is 0 Å². The molecular weight excluding hydrogens is 316 g/mol. The van der Waals surface area contributed by atoms with Crippen molar-refractivity contribution in [1.82, 2.24) is 4.98 Å². The van der Waals surface area contributed by atoms with Gasteiger partial charge in [-0.3, -0.25) is 0 Å². The van der Waals surface area contributed by atoms with E-state index in [1.54, 1.807) is 20.8 Å². The van der Waals surface area contributed by atoms with Gasteiger partial charge in [-0.25, -0.2) is 19.4 Å². The highest BCUT2D eigenvalue weighted by atomic mass is 16.6. The number of nitrogens with zero attached hydrogens (tertiary/aromatic N) is 1. The Bertz CT molecular complexity index is 607. The minimum Gasteiger partial charge on any atom is -0.462 e. The Morgan fingerprint density at radius 2 is 1.62 bits per heavy atom. The Labute approximate surface area is 139 Å². The molecule has 0 aliphatic carbocycles. The number of esters is 3. The van der Waals surface area contributed by atoms with Crippen LogP contribution < -0.4 is 5.32 Å². The smallest absolute Gasteiger partial charge is 0.347 e. The van der Waals surface area contributed by atoms with E-state index in [1.165, 1.54) is 18.3 Å². The van der Waals surface area contributed by atoms with Crippen LogP contribution in [0.3, 0.4) is 0 Å². The number of carbonyl (C=O) groups excluding carboxylic acids is 3. The maximum absolute atomic E-state index is 11.8. The molecule has 0 aliphatic heterocycles. The molecule has 0 unspecified atom stereocenters. The molecule has 0 saturated carbocycles. The van der Waals surface area contributed by atoms with E-state index in [4.69, 9.17) is 14.2 Å². The van der Waals surface area contributed by atoms with Crippen LogP contribution in [-0.2, 0) is 23.8 Å². The minimum atomic E-state index is -0.815. The molecule has 0 aliphatic rings. The molecule has 0 atom stereocenters. The summed E-state index contributed by atoms with van der Waals surface area (Å²) in [5.41, 5.74) is -0.0152. The van der Waals surface area contributed by atoms with E-state index < -0.39 is 17.9 Å². The summed E-state index contributed by atoms with van der Waals surface area (Å²) in [7, 11) is 0. The average molecular weight is 336 g/mol. The lowest BCUT2D eigenvalue weighted by atomic mass is 10.2. The number of nitrogens with one attached hydrogen (secondary N) is 1. The van der Waals surface area contributed by atoms with E-state index in [-0.39, 0.29) is 36.8 Å². The number of hydrogen-bond acceptors (Lipinski definition) is 8. The predicted octanol–water partition coefficient (Wildman–Crippen LogP) is 1.68. The van der Waals surface area contributed by atoms with Crippen molar-refractivity contribution < 1.29 is 28.6 Å². The van der Waals surface area contributed by atoms with Crippen LogP contribution in [0.2, 0.25) is 0 Å². The largest absolute Gasteiger partial charge is 0.462 e. The maximum Gasteiger partial charge on any atom is 0.347 e. The summed E-state index contributed by atoms with van der Waals surface area (Å²) < 4.78 is 14.5. The first-order chi connectivity index (χ1) is 11.5. The Kier molecular flexibility index (Phi) is 7.97. The molecule has 8 nitrogen and oxygen atoms in total. The van der Waals surface area contributed by atoms with Gasteiger partial charge in [0.05, 0.1) is 25.4 Å². The zero-order valence-electron chi connectivity index (χ0n) is 13.8. The molecule has 1 aromatic heterocycles. The SMILES string of the molecule is CCOC(=O)C(=CNc1cc(C(=O)OCC)ccn1)C(=O)OCC. The molecule has 1 N–H and O–H groups in total. The molecular formula is C16H20N2O6. The molecule has 0 bridgehead atoms. The molecule has 0 saturated heterocycles. The summed E-state index contributed by atoms with van der Waals surface area (Å²) in [4.78, 5) is 39.3. The molecule has 130 valence electrons. The summed E-state index contributed by atoms with van der Waals surface area (Å²) in [6.07, 6.45) is 2.53. The fourth-order valence-corrected chi connectivity index (χ4v) is 1.62. The second kappa shape index (κ2) is 9.98. The molecule has 0 fully saturated rings. The van der Waals surface area contributed by atoms with Crippen LogP contribution >= 0.6 is 0 Å². The second-order valence-electron chi connectivity index (χ2n) is 4.29. The number of hydrogen-bond donors (Lipinski definition) is 1. The molecule has 0 amide bonds. The van der Waals surface area contributed by atoms with E-state index in [2.05, 4.69) is 10.3 Å². The third-order valence-electron chi connectivity index (χ3n) is 2.63. The number of aromatic nitrogens is 1. The maximum atomic E-state index is 11.8. The number of anilines is 1. The van der Waals surface area contributed by atoms with Gasteiger partial charge in [0.15, 0.2) is 5.57 Å². The van der Waals surface area contributed by atoms with Gasteiger partial charge < -0.3 is 19.5 Å². The molecule has 1 heterocycles. The van der Waals surface area contributed by atoms with Crippen molar-refractivity contribution in [3.05, 3.63) is 35.7 Å². The molecule has 24 heavy (non-hydrogen) atoms. The van der Waals surface area contributed by atoms with Crippen molar-refractivity contribution in [2.24, 2.45) is 0 Å². The van der Waals surface area contributed by atoms with Gasteiger partial charge in [0.2, 0.25) is 0 Å². The number of rotatable bonds is 8. The first-order valence-corrected chi connectivity index (χ1v) is 7.47. The third-order valence-corrected chi connectivity index (χ3v) is 2.63. The van der Waals surface area contributed by atoms with E-state index in [0.717, 1.165) is 6.20 Å². The predicted molar refractivity (Wildman–Crippen MR) is 85.2 cm³/mol. The van der Waals surface area contributed by atoms with Crippen LogP contribution in [0.4, 0.5) is 5.82 Å². The molecule has 8 heteroatoms. The molecule has 0 aromatic carbocycles. The van der Waals surface area contributed by atoms with Gasteiger partial charge in [0.1, 0.15) is 5.82 Å². The van der Waals surface area contributed by atoms with Crippen LogP contribution in [0, 0.1) is 0 Å². The van der Waals surface area contributed by atoms with Crippen molar-refractivity contribution in [2.75, 3.05) is 25.1 Å². The van der Waals surface area contributed by atoms with Gasteiger partial charge in [-0.05, 0) is 32.9 Å². The Hall–Kier alpha value is -2.90. The second-order valence-corrected chi connectivity index (χ2v) is 4.29. The van der Waals surface area contributed by atoms with Crippen LogP contribution in [0.1, 0.15) is 31.1 Å². The average Bonchev–Trinajstić information content (AvgIpc) is 2.56. The van der Waals surface area contributed by atoms with Crippen molar-refractivity contribution in [3.8, 4) is 0 Å². The number of ether oxygens (including phenoxy) is 3. The Balaban J connectivity index is 2.96. The summed E-state index contributed by atoms with van der Waals surface area (Å²) in [6.45, 7) is 5.43. The van der Waals surface area contributed by atoms with E-state index in [0.29, 0.717) is 0 Å². The van der Waals surface area contributed by atoms with Crippen molar-refractivity contribution in [3.63, 3.8) is 0 Å². The third kappa shape index (κ3) is 5.71. The van der Waals surface area contributed by atoms with Crippen LogP contribution in [0.15, 0.2) is 30.1 Å². The quantitative estimate of drug-likeness (QED) is 0.251. The van der Waals surface area contributed by atoms with Gasteiger partial charge in [-0.2, -0.15) is 0 Å². The standard InChI is InChI=1S/C16H20N2O6/c1-4-22-14(19)11-7-8-17-13(9-11)18-10-12(15(20)23-5-2)16(21)24-6-3/h7-10H,4-6H2,1-3H3,(H,17,18). The van der Waals surface area contributed by atoms with E-state index >= 15 is 0 Å². The molecule has 1 rings (SSSR count). The zero-order valence-corrected chi connectivity index (χ0v) is 13.8. The van der Waals surface area contributed by atoms with Gasteiger partial charge in [-0.1, -0.05) is 0 Å². The normalized spacial score (nSPS) is 9.62. The molecule has 0 spiro atoms. The van der Waals surface area contributed by atoms with E-state index in [1.807, 2.05) is 0 Å². The Morgan fingerprint density at radius 3 is 2.17 bits per heavy atom.